The Labute approximate surface area is 129 Å². The van der Waals surface area contributed by atoms with Crippen molar-refractivity contribution in [3.63, 3.8) is 0 Å². The Bertz CT molecular complexity index is 437. The van der Waals surface area contributed by atoms with Crippen molar-refractivity contribution in [2.24, 2.45) is 0 Å². The molecule has 0 radical (unpaired) electrons. The third-order valence-corrected chi connectivity index (χ3v) is 4.36. The van der Waals surface area contributed by atoms with Crippen LogP contribution in [0.15, 0.2) is 18.2 Å². The van der Waals surface area contributed by atoms with E-state index < -0.39 is 0 Å². The van der Waals surface area contributed by atoms with Gasteiger partial charge in [-0.1, -0.05) is 38.5 Å². The molecule has 1 aliphatic heterocycles. The van der Waals surface area contributed by atoms with E-state index in [1.807, 2.05) is 0 Å². The topological polar surface area (TPSA) is 15.7 Å². The van der Waals surface area contributed by atoms with E-state index in [4.69, 9.17) is 4.74 Å². The molecule has 0 aromatic heterocycles. The highest BCUT2D eigenvalue weighted by atomic mass is 16.5. The molecule has 2 rings (SSSR count). The molecular weight excluding hydrogens is 260 g/mol. The van der Waals surface area contributed by atoms with Crippen molar-refractivity contribution >= 4 is 0 Å². The standard InChI is InChI=1S/C18H30N2O/c1-5-19-8-10-20(11-9-19)12-13-21-18-7-6-16(4)14-17(18)15(2)3/h6-7,14-15H,5,8-13H2,1-4H3. The summed E-state index contributed by atoms with van der Waals surface area (Å²) in [5.41, 5.74) is 2.63. The van der Waals surface area contributed by atoms with E-state index >= 15 is 0 Å². The molecule has 1 aromatic carbocycles. The van der Waals surface area contributed by atoms with Crippen LogP contribution in [0.3, 0.4) is 0 Å². The molecular formula is C18H30N2O. The Balaban J connectivity index is 1.81. The molecule has 1 aliphatic rings. The van der Waals surface area contributed by atoms with Crippen LogP contribution in [0, 0.1) is 6.92 Å². The lowest BCUT2D eigenvalue weighted by molar-refractivity contribution is 0.120. The summed E-state index contributed by atoms with van der Waals surface area (Å²) in [5, 5.41) is 0. The van der Waals surface area contributed by atoms with Crippen LogP contribution >= 0.6 is 0 Å². The summed E-state index contributed by atoms with van der Waals surface area (Å²) in [6.07, 6.45) is 0. The maximum Gasteiger partial charge on any atom is 0.122 e. The van der Waals surface area contributed by atoms with Gasteiger partial charge in [0.1, 0.15) is 12.4 Å². The van der Waals surface area contributed by atoms with E-state index in [1.165, 1.54) is 43.9 Å². The number of rotatable bonds is 6. The molecule has 3 heteroatoms. The number of aryl methyl sites for hydroxylation is 1. The zero-order valence-corrected chi connectivity index (χ0v) is 14.1. The first-order valence-electron chi connectivity index (χ1n) is 8.28. The molecule has 0 amide bonds. The largest absolute Gasteiger partial charge is 0.492 e. The zero-order chi connectivity index (χ0) is 15.2. The second-order valence-corrected chi connectivity index (χ2v) is 6.32. The van der Waals surface area contributed by atoms with Gasteiger partial charge in [0, 0.05) is 32.7 Å². The Morgan fingerprint density at radius 1 is 1.10 bits per heavy atom. The van der Waals surface area contributed by atoms with Gasteiger partial charge < -0.3 is 9.64 Å². The van der Waals surface area contributed by atoms with E-state index in [-0.39, 0.29) is 0 Å². The molecule has 0 bridgehead atoms. The molecule has 0 unspecified atom stereocenters. The lowest BCUT2D eigenvalue weighted by atomic mass is 10.00. The maximum atomic E-state index is 6.05. The molecule has 0 spiro atoms. The first kappa shape index (κ1) is 16.3. The third-order valence-electron chi connectivity index (χ3n) is 4.36. The highest BCUT2D eigenvalue weighted by Crippen LogP contribution is 2.27. The lowest BCUT2D eigenvalue weighted by Crippen LogP contribution is -2.47. The SMILES string of the molecule is CCN1CCN(CCOc2ccc(C)cc2C(C)C)CC1. The second-order valence-electron chi connectivity index (χ2n) is 6.32. The summed E-state index contributed by atoms with van der Waals surface area (Å²) in [6.45, 7) is 16.5. The number of ether oxygens (including phenoxy) is 1. The molecule has 21 heavy (non-hydrogen) atoms. The molecule has 0 aliphatic carbocycles. The van der Waals surface area contributed by atoms with Crippen molar-refractivity contribution in [2.75, 3.05) is 45.9 Å². The second kappa shape index (κ2) is 7.81. The van der Waals surface area contributed by atoms with Crippen molar-refractivity contribution in [1.29, 1.82) is 0 Å². The van der Waals surface area contributed by atoms with Crippen molar-refractivity contribution in [2.45, 2.75) is 33.6 Å². The average molecular weight is 290 g/mol. The molecule has 1 fully saturated rings. The lowest BCUT2D eigenvalue weighted by Gasteiger charge is -2.33. The first-order chi connectivity index (χ1) is 10.1. The summed E-state index contributed by atoms with van der Waals surface area (Å²) < 4.78 is 6.05. The Hall–Kier alpha value is -1.06. The van der Waals surface area contributed by atoms with Crippen LogP contribution in [-0.2, 0) is 0 Å². The number of piperazine rings is 1. The molecule has 0 N–H and O–H groups in total. The van der Waals surface area contributed by atoms with Crippen LogP contribution in [0.2, 0.25) is 0 Å². The summed E-state index contributed by atoms with van der Waals surface area (Å²) in [4.78, 5) is 5.02. The van der Waals surface area contributed by atoms with Crippen LogP contribution in [0.5, 0.6) is 5.75 Å². The van der Waals surface area contributed by atoms with Gasteiger partial charge in [0.05, 0.1) is 0 Å². The van der Waals surface area contributed by atoms with E-state index in [0.717, 1.165) is 18.9 Å². The Morgan fingerprint density at radius 3 is 2.38 bits per heavy atom. The van der Waals surface area contributed by atoms with E-state index in [9.17, 15) is 0 Å². The van der Waals surface area contributed by atoms with Gasteiger partial charge in [-0.15, -0.1) is 0 Å². The van der Waals surface area contributed by atoms with Crippen molar-refractivity contribution in [1.82, 2.24) is 9.80 Å². The third kappa shape index (κ3) is 4.72. The fraction of sp³-hybridized carbons (Fsp3) is 0.667. The fourth-order valence-electron chi connectivity index (χ4n) is 2.86. The fourth-order valence-corrected chi connectivity index (χ4v) is 2.86. The van der Waals surface area contributed by atoms with Gasteiger partial charge in [0.2, 0.25) is 0 Å². The van der Waals surface area contributed by atoms with E-state index in [1.54, 1.807) is 0 Å². The minimum absolute atomic E-state index is 0.507. The smallest absolute Gasteiger partial charge is 0.122 e. The maximum absolute atomic E-state index is 6.05. The van der Waals surface area contributed by atoms with Crippen LogP contribution in [0.4, 0.5) is 0 Å². The normalized spacial score (nSPS) is 17.4. The Kier molecular flexibility index (Phi) is 6.07. The molecule has 3 nitrogen and oxygen atoms in total. The molecule has 1 saturated heterocycles. The summed E-state index contributed by atoms with van der Waals surface area (Å²) >= 11 is 0. The summed E-state index contributed by atoms with van der Waals surface area (Å²) in [6, 6.07) is 6.51. The molecule has 1 aromatic rings. The first-order valence-corrected chi connectivity index (χ1v) is 8.28. The van der Waals surface area contributed by atoms with E-state index in [2.05, 4.69) is 55.7 Å². The Morgan fingerprint density at radius 2 is 1.76 bits per heavy atom. The molecule has 0 saturated carbocycles. The van der Waals surface area contributed by atoms with Crippen LogP contribution in [0.25, 0.3) is 0 Å². The van der Waals surface area contributed by atoms with Gasteiger partial charge in [-0.2, -0.15) is 0 Å². The van der Waals surface area contributed by atoms with Gasteiger partial charge in [-0.3, -0.25) is 4.90 Å². The van der Waals surface area contributed by atoms with Gasteiger partial charge in [0.25, 0.3) is 0 Å². The highest BCUT2D eigenvalue weighted by Gasteiger charge is 2.15. The number of likely N-dealkylation sites (N-methyl/N-ethyl adjacent to an activating group) is 1. The highest BCUT2D eigenvalue weighted by molar-refractivity contribution is 5.38. The molecule has 118 valence electrons. The predicted molar refractivity (Wildman–Crippen MR) is 89.3 cm³/mol. The minimum Gasteiger partial charge on any atom is -0.492 e. The average Bonchev–Trinajstić information content (AvgIpc) is 2.49. The minimum atomic E-state index is 0.507. The monoisotopic (exact) mass is 290 g/mol. The number of nitrogens with zero attached hydrogens (tertiary/aromatic N) is 2. The van der Waals surface area contributed by atoms with Crippen LogP contribution in [-0.4, -0.2) is 55.7 Å². The van der Waals surface area contributed by atoms with Gasteiger partial charge in [-0.05, 0) is 31.0 Å². The van der Waals surface area contributed by atoms with Crippen molar-refractivity contribution < 1.29 is 4.74 Å². The van der Waals surface area contributed by atoms with Crippen LogP contribution in [0.1, 0.15) is 37.8 Å². The van der Waals surface area contributed by atoms with Crippen LogP contribution < -0.4 is 4.74 Å². The van der Waals surface area contributed by atoms with Crippen molar-refractivity contribution in [3.8, 4) is 5.75 Å². The number of hydrogen-bond acceptors (Lipinski definition) is 3. The number of benzene rings is 1. The molecule has 1 heterocycles. The zero-order valence-electron chi connectivity index (χ0n) is 14.1. The summed E-state index contributed by atoms with van der Waals surface area (Å²) in [7, 11) is 0. The van der Waals surface area contributed by atoms with Crippen molar-refractivity contribution in [3.05, 3.63) is 29.3 Å². The van der Waals surface area contributed by atoms with E-state index in [0.29, 0.717) is 5.92 Å². The quantitative estimate of drug-likeness (QED) is 0.800. The summed E-state index contributed by atoms with van der Waals surface area (Å²) in [5.74, 6) is 1.57. The van der Waals surface area contributed by atoms with Gasteiger partial charge >= 0.3 is 0 Å². The molecule has 0 atom stereocenters. The predicted octanol–water partition coefficient (Wildman–Crippen LogP) is 3.13. The van der Waals surface area contributed by atoms with Gasteiger partial charge in [0.15, 0.2) is 0 Å². The number of hydrogen-bond donors (Lipinski definition) is 0. The van der Waals surface area contributed by atoms with Gasteiger partial charge in [-0.25, -0.2) is 0 Å².